The molecular formula is C13H16F2O2S. The fourth-order valence-electron chi connectivity index (χ4n) is 1.48. The summed E-state index contributed by atoms with van der Waals surface area (Å²) in [5.74, 6) is -1.86. The minimum Gasteiger partial charge on any atom is -0.293 e. The topological polar surface area (TPSA) is 34.1 Å². The SMILES string of the molecule is CC(C)CS(=O)C(C)C(=O)c1ccc(F)c(F)c1. The first-order valence-corrected chi connectivity index (χ1v) is 7.07. The molecule has 0 radical (unpaired) electrons. The van der Waals surface area contributed by atoms with Gasteiger partial charge in [0.15, 0.2) is 17.4 Å². The molecule has 2 atom stereocenters. The quantitative estimate of drug-likeness (QED) is 0.774. The van der Waals surface area contributed by atoms with E-state index in [1.54, 1.807) is 6.92 Å². The molecule has 18 heavy (non-hydrogen) atoms. The molecule has 0 N–H and O–H groups in total. The summed E-state index contributed by atoms with van der Waals surface area (Å²) in [5, 5.41) is -0.711. The summed E-state index contributed by atoms with van der Waals surface area (Å²) in [4.78, 5) is 11.9. The second-order valence-electron chi connectivity index (χ2n) is 4.58. The molecular weight excluding hydrogens is 258 g/mol. The first kappa shape index (κ1) is 15.0. The molecule has 1 aromatic carbocycles. The fraction of sp³-hybridized carbons (Fsp3) is 0.462. The first-order chi connectivity index (χ1) is 8.32. The highest BCUT2D eigenvalue weighted by atomic mass is 32.2. The Morgan fingerprint density at radius 3 is 2.33 bits per heavy atom. The Bertz CT molecular complexity index is 472. The number of ketones is 1. The van der Waals surface area contributed by atoms with Gasteiger partial charge in [-0.05, 0) is 31.0 Å². The number of carbonyl (C=O) groups is 1. The summed E-state index contributed by atoms with van der Waals surface area (Å²) >= 11 is 0. The Morgan fingerprint density at radius 2 is 1.83 bits per heavy atom. The lowest BCUT2D eigenvalue weighted by molar-refractivity contribution is 0.0992. The zero-order valence-electron chi connectivity index (χ0n) is 10.6. The normalized spacial score (nSPS) is 14.6. The van der Waals surface area contributed by atoms with Gasteiger partial charge in [0.2, 0.25) is 0 Å². The number of hydrogen-bond acceptors (Lipinski definition) is 2. The number of rotatable bonds is 5. The van der Waals surface area contributed by atoms with E-state index in [0.717, 1.165) is 12.1 Å². The van der Waals surface area contributed by atoms with Crippen molar-refractivity contribution in [2.24, 2.45) is 5.92 Å². The minimum absolute atomic E-state index is 0.0542. The average molecular weight is 274 g/mol. The van der Waals surface area contributed by atoms with Gasteiger partial charge >= 0.3 is 0 Å². The molecule has 2 nitrogen and oxygen atoms in total. The maximum atomic E-state index is 13.0. The summed E-state index contributed by atoms with van der Waals surface area (Å²) in [6.07, 6.45) is 0. The van der Waals surface area contributed by atoms with E-state index in [-0.39, 0.29) is 11.5 Å². The van der Waals surface area contributed by atoms with E-state index < -0.39 is 33.5 Å². The van der Waals surface area contributed by atoms with Crippen LogP contribution in [0.4, 0.5) is 8.78 Å². The van der Waals surface area contributed by atoms with E-state index in [1.807, 2.05) is 13.8 Å². The molecule has 0 bridgehead atoms. The number of hydrogen-bond donors (Lipinski definition) is 0. The summed E-state index contributed by atoms with van der Waals surface area (Å²) < 4.78 is 37.6. The van der Waals surface area contributed by atoms with Crippen LogP contribution in [0.5, 0.6) is 0 Å². The van der Waals surface area contributed by atoms with Crippen molar-refractivity contribution in [2.75, 3.05) is 5.75 Å². The second-order valence-corrected chi connectivity index (χ2v) is 6.38. The molecule has 1 rings (SSSR count). The monoisotopic (exact) mass is 274 g/mol. The first-order valence-electron chi connectivity index (χ1n) is 5.69. The van der Waals surface area contributed by atoms with E-state index >= 15 is 0 Å². The molecule has 1 aromatic rings. The maximum absolute atomic E-state index is 13.0. The molecule has 0 amide bonds. The summed E-state index contributed by atoms with van der Waals surface area (Å²) in [7, 11) is -1.30. The smallest absolute Gasteiger partial charge is 0.178 e. The standard InChI is InChI=1S/C13H16F2O2S/c1-8(2)7-18(17)9(3)13(16)10-4-5-11(14)12(15)6-10/h4-6,8-9H,7H2,1-3H3. The lowest BCUT2D eigenvalue weighted by atomic mass is 10.1. The van der Waals surface area contributed by atoms with Crippen LogP contribution in [0, 0.1) is 17.6 Å². The van der Waals surface area contributed by atoms with Gasteiger partial charge in [-0.2, -0.15) is 0 Å². The van der Waals surface area contributed by atoms with Crippen LogP contribution in [0.25, 0.3) is 0 Å². The molecule has 0 aliphatic rings. The largest absolute Gasteiger partial charge is 0.293 e. The van der Waals surface area contributed by atoms with Gasteiger partial charge in [0.1, 0.15) is 0 Å². The van der Waals surface area contributed by atoms with E-state index in [1.165, 1.54) is 6.07 Å². The predicted molar refractivity (Wildman–Crippen MR) is 68.0 cm³/mol. The molecule has 2 unspecified atom stereocenters. The molecule has 0 saturated heterocycles. The zero-order valence-corrected chi connectivity index (χ0v) is 11.4. The fourth-order valence-corrected chi connectivity index (χ4v) is 2.80. The van der Waals surface area contributed by atoms with Crippen LogP contribution in [0.1, 0.15) is 31.1 Å². The third kappa shape index (κ3) is 3.70. The predicted octanol–water partition coefficient (Wildman–Crippen LogP) is 2.94. The van der Waals surface area contributed by atoms with Crippen molar-refractivity contribution >= 4 is 16.6 Å². The van der Waals surface area contributed by atoms with Crippen LogP contribution in [-0.2, 0) is 10.8 Å². The van der Waals surface area contributed by atoms with E-state index in [2.05, 4.69) is 0 Å². The zero-order chi connectivity index (χ0) is 13.9. The van der Waals surface area contributed by atoms with E-state index in [9.17, 15) is 17.8 Å². The number of Topliss-reactive ketones (excluding diaryl/α,β-unsaturated/α-hetero) is 1. The Hall–Kier alpha value is -1.10. The van der Waals surface area contributed by atoms with Gasteiger partial charge in [-0.15, -0.1) is 0 Å². The second kappa shape index (κ2) is 6.18. The molecule has 0 spiro atoms. The van der Waals surface area contributed by atoms with Crippen molar-refractivity contribution in [1.29, 1.82) is 0 Å². The van der Waals surface area contributed by atoms with Crippen LogP contribution in [0.2, 0.25) is 0 Å². The molecule has 0 fully saturated rings. The minimum atomic E-state index is -1.30. The van der Waals surface area contributed by atoms with Crippen molar-refractivity contribution in [3.05, 3.63) is 35.4 Å². The molecule has 100 valence electrons. The molecule has 0 aliphatic carbocycles. The van der Waals surface area contributed by atoms with E-state index in [4.69, 9.17) is 0 Å². The lowest BCUT2D eigenvalue weighted by Crippen LogP contribution is -2.26. The van der Waals surface area contributed by atoms with Crippen molar-refractivity contribution in [3.8, 4) is 0 Å². The average Bonchev–Trinajstić information content (AvgIpc) is 2.30. The molecule has 0 aromatic heterocycles. The Morgan fingerprint density at radius 1 is 1.22 bits per heavy atom. The molecule has 5 heteroatoms. The molecule has 0 saturated carbocycles. The third-order valence-corrected chi connectivity index (χ3v) is 4.46. The maximum Gasteiger partial charge on any atom is 0.178 e. The van der Waals surface area contributed by atoms with Gasteiger partial charge in [-0.25, -0.2) is 8.78 Å². The number of benzene rings is 1. The lowest BCUT2D eigenvalue weighted by Gasteiger charge is -2.12. The van der Waals surface area contributed by atoms with Crippen molar-refractivity contribution in [2.45, 2.75) is 26.0 Å². The van der Waals surface area contributed by atoms with E-state index in [0.29, 0.717) is 5.75 Å². The highest BCUT2D eigenvalue weighted by Crippen LogP contribution is 2.14. The molecule has 0 aliphatic heterocycles. The third-order valence-electron chi connectivity index (χ3n) is 2.47. The Balaban J connectivity index is 2.86. The number of halogens is 2. The van der Waals surface area contributed by atoms with Gasteiger partial charge in [0.05, 0.1) is 5.25 Å². The van der Waals surface area contributed by atoms with Gasteiger partial charge in [0.25, 0.3) is 0 Å². The highest BCUT2D eigenvalue weighted by Gasteiger charge is 2.22. The van der Waals surface area contributed by atoms with Crippen molar-refractivity contribution < 1.29 is 17.8 Å². The summed E-state index contributed by atoms with van der Waals surface area (Å²) in [5.41, 5.74) is 0.0542. The number of carbonyl (C=O) groups excluding carboxylic acids is 1. The Labute approximate surface area is 108 Å². The van der Waals surface area contributed by atoms with Crippen LogP contribution < -0.4 is 0 Å². The molecule has 0 heterocycles. The van der Waals surface area contributed by atoms with Crippen LogP contribution >= 0.6 is 0 Å². The highest BCUT2D eigenvalue weighted by molar-refractivity contribution is 7.86. The van der Waals surface area contributed by atoms with Crippen LogP contribution in [-0.4, -0.2) is 21.0 Å². The summed E-state index contributed by atoms with van der Waals surface area (Å²) in [6, 6.07) is 2.96. The summed E-state index contributed by atoms with van der Waals surface area (Å²) in [6.45, 7) is 5.36. The van der Waals surface area contributed by atoms with Gasteiger partial charge < -0.3 is 0 Å². The van der Waals surface area contributed by atoms with Gasteiger partial charge in [0, 0.05) is 22.1 Å². The van der Waals surface area contributed by atoms with Crippen LogP contribution in [0.3, 0.4) is 0 Å². The van der Waals surface area contributed by atoms with Gasteiger partial charge in [-0.3, -0.25) is 9.00 Å². The van der Waals surface area contributed by atoms with Crippen LogP contribution in [0.15, 0.2) is 18.2 Å². The van der Waals surface area contributed by atoms with Crippen molar-refractivity contribution in [3.63, 3.8) is 0 Å². The van der Waals surface area contributed by atoms with Gasteiger partial charge in [-0.1, -0.05) is 13.8 Å². The van der Waals surface area contributed by atoms with Crippen molar-refractivity contribution in [1.82, 2.24) is 0 Å². The Kier molecular flexibility index (Phi) is 5.14.